The summed E-state index contributed by atoms with van der Waals surface area (Å²) in [6.45, 7) is 0.796. The van der Waals surface area contributed by atoms with Crippen molar-refractivity contribution < 1.29 is 4.79 Å². The van der Waals surface area contributed by atoms with Gasteiger partial charge < -0.3 is 16.0 Å². The molecule has 2 aliphatic carbocycles. The van der Waals surface area contributed by atoms with Gasteiger partial charge >= 0.3 is 0 Å². The number of nitrogens with two attached hydrogens (primary N) is 1. The molecule has 1 amide bonds. The lowest BCUT2D eigenvalue weighted by atomic mass is 9.75. The zero-order valence-electron chi connectivity index (χ0n) is 11.0. The Morgan fingerprint density at radius 3 is 2.53 bits per heavy atom. The minimum absolute atomic E-state index is 0.157. The van der Waals surface area contributed by atoms with Crippen molar-refractivity contribution in [1.29, 1.82) is 0 Å². The maximum Gasteiger partial charge on any atom is 0.223 e. The molecule has 3 N–H and O–H groups in total. The number of hydrogen-bond acceptors (Lipinski definition) is 3. The second kappa shape index (κ2) is 4.94. The summed E-state index contributed by atoms with van der Waals surface area (Å²) < 4.78 is 0. The number of carbonyl (C=O) groups is 1. The molecule has 4 heteroatoms. The largest absolute Gasteiger partial charge is 0.354 e. The summed E-state index contributed by atoms with van der Waals surface area (Å²) in [7, 11) is 4.22. The van der Waals surface area contributed by atoms with E-state index in [9.17, 15) is 4.79 Å². The van der Waals surface area contributed by atoms with Gasteiger partial charge in [-0.3, -0.25) is 4.79 Å². The minimum atomic E-state index is 0.157. The summed E-state index contributed by atoms with van der Waals surface area (Å²) in [5.41, 5.74) is 6.06. The predicted octanol–water partition coefficient (Wildman–Crippen LogP) is 0.714. The summed E-state index contributed by atoms with van der Waals surface area (Å²) >= 11 is 0. The van der Waals surface area contributed by atoms with Gasteiger partial charge in [-0.1, -0.05) is 0 Å². The minimum Gasteiger partial charge on any atom is -0.354 e. The normalized spacial score (nSPS) is 31.3. The average Bonchev–Trinajstić information content (AvgIpc) is 2.62. The van der Waals surface area contributed by atoms with Gasteiger partial charge in [0.2, 0.25) is 5.91 Å². The van der Waals surface area contributed by atoms with Crippen molar-refractivity contribution in [2.75, 3.05) is 20.6 Å². The highest BCUT2D eigenvalue weighted by Gasteiger charge is 2.39. The van der Waals surface area contributed by atoms with Crippen LogP contribution in [-0.4, -0.2) is 43.0 Å². The molecule has 0 aromatic heterocycles. The Bertz CT molecular complexity index is 286. The molecule has 0 heterocycles. The van der Waals surface area contributed by atoms with Crippen LogP contribution in [0.2, 0.25) is 0 Å². The Morgan fingerprint density at radius 2 is 2.12 bits per heavy atom. The summed E-state index contributed by atoms with van der Waals surface area (Å²) in [6, 6.07) is 0.234. The molecule has 2 atom stereocenters. The van der Waals surface area contributed by atoms with Crippen molar-refractivity contribution in [3.63, 3.8) is 0 Å². The van der Waals surface area contributed by atoms with E-state index in [2.05, 4.69) is 24.3 Å². The van der Waals surface area contributed by atoms with Crippen LogP contribution >= 0.6 is 0 Å². The third kappa shape index (κ3) is 2.63. The SMILES string of the molecule is CN(C)C1(CNC(=O)C2CCC(N)C2)CCC1. The molecule has 17 heavy (non-hydrogen) atoms. The molecule has 98 valence electrons. The first kappa shape index (κ1) is 12.8. The second-order valence-corrected chi connectivity index (χ2v) is 5.96. The summed E-state index contributed by atoms with van der Waals surface area (Å²) in [6.07, 6.45) is 6.50. The van der Waals surface area contributed by atoms with Crippen molar-refractivity contribution in [3.8, 4) is 0 Å². The molecule has 0 aromatic rings. The standard InChI is InChI=1S/C13H25N3O/c1-16(2)13(6-3-7-13)9-15-12(17)10-4-5-11(14)8-10/h10-11H,3-9,14H2,1-2H3,(H,15,17). The number of nitrogens with zero attached hydrogens (tertiary/aromatic N) is 1. The highest BCUT2D eigenvalue weighted by atomic mass is 16.1. The van der Waals surface area contributed by atoms with Gasteiger partial charge in [0.25, 0.3) is 0 Å². The van der Waals surface area contributed by atoms with E-state index < -0.39 is 0 Å². The first-order chi connectivity index (χ1) is 8.03. The van der Waals surface area contributed by atoms with Gasteiger partial charge in [-0.15, -0.1) is 0 Å². The maximum absolute atomic E-state index is 12.0. The number of carbonyl (C=O) groups excluding carboxylic acids is 1. The monoisotopic (exact) mass is 239 g/mol. The molecule has 0 spiro atoms. The molecule has 2 fully saturated rings. The Hall–Kier alpha value is -0.610. The van der Waals surface area contributed by atoms with Gasteiger partial charge in [0.15, 0.2) is 0 Å². The highest BCUT2D eigenvalue weighted by molar-refractivity contribution is 5.79. The van der Waals surface area contributed by atoms with Crippen molar-refractivity contribution in [2.45, 2.75) is 50.1 Å². The molecular formula is C13H25N3O. The molecule has 2 aliphatic rings. The Kier molecular flexibility index (Phi) is 3.73. The Morgan fingerprint density at radius 1 is 1.41 bits per heavy atom. The zero-order valence-corrected chi connectivity index (χ0v) is 11.0. The van der Waals surface area contributed by atoms with E-state index in [1.165, 1.54) is 19.3 Å². The van der Waals surface area contributed by atoms with E-state index in [-0.39, 0.29) is 23.4 Å². The van der Waals surface area contributed by atoms with Crippen molar-refractivity contribution in [2.24, 2.45) is 11.7 Å². The Balaban J connectivity index is 1.79. The molecular weight excluding hydrogens is 214 g/mol. The van der Waals surface area contributed by atoms with E-state index in [1.807, 2.05) is 0 Å². The number of likely N-dealkylation sites (N-methyl/N-ethyl adjacent to an activating group) is 1. The van der Waals surface area contributed by atoms with Crippen LogP contribution in [0.3, 0.4) is 0 Å². The quantitative estimate of drug-likeness (QED) is 0.760. The molecule has 0 radical (unpaired) electrons. The summed E-state index contributed by atoms with van der Waals surface area (Å²) in [5.74, 6) is 0.371. The first-order valence-corrected chi connectivity index (χ1v) is 6.74. The van der Waals surface area contributed by atoms with Crippen LogP contribution in [0.1, 0.15) is 38.5 Å². The zero-order chi connectivity index (χ0) is 12.5. The third-order valence-corrected chi connectivity index (χ3v) is 4.67. The van der Waals surface area contributed by atoms with E-state index in [1.54, 1.807) is 0 Å². The van der Waals surface area contributed by atoms with Gasteiger partial charge in [0.1, 0.15) is 0 Å². The average molecular weight is 239 g/mol. The van der Waals surface area contributed by atoms with Crippen molar-refractivity contribution in [1.82, 2.24) is 10.2 Å². The summed E-state index contributed by atoms with van der Waals surface area (Å²) in [5, 5.41) is 3.13. The lowest BCUT2D eigenvalue weighted by Gasteiger charge is -2.47. The molecule has 0 bridgehead atoms. The van der Waals surface area contributed by atoms with E-state index in [0.717, 1.165) is 25.8 Å². The van der Waals surface area contributed by atoms with Gasteiger partial charge in [-0.05, 0) is 52.6 Å². The van der Waals surface area contributed by atoms with E-state index >= 15 is 0 Å². The molecule has 2 saturated carbocycles. The smallest absolute Gasteiger partial charge is 0.223 e. The van der Waals surface area contributed by atoms with Crippen LogP contribution < -0.4 is 11.1 Å². The third-order valence-electron chi connectivity index (χ3n) is 4.67. The van der Waals surface area contributed by atoms with Crippen LogP contribution in [-0.2, 0) is 4.79 Å². The molecule has 4 nitrogen and oxygen atoms in total. The van der Waals surface area contributed by atoms with Crippen LogP contribution in [0.5, 0.6) is 0 Å². The predicted molar refractivity (Wildman–Crippen MR) is 68.6 cm³/mol. The van der Waals surface area contributed by atoms with Crippen molar-refractivity contribution >= 4 is 5.91 Å². The highest BCUT2D eigenvalue weighted by Crippen LogP contribution is 2.35. The topological polar surface area (TPSA) is 58.4 Å². The molecule has 2 unspecified atom stereocenters. The number of hydrogen-bond donors (Lipinski definition) is 2. The van der Waals surface area contributed by atoms with E-state index in [4.69, 9.17) is 5.73 Å². The Labute approximate surface area is 104 Å². The van der Waals surface area contributed by atoms with Crippen molar-refractivity contribution in [3.05, 3.63) is 0 Å². The lowest BCUT2D eigenvalue weighted by Crippen LogP contribution is -2.57. The summed E-state index contributed by atoms with van der Waals surface area (Å²) in [4.78, 5) is 14.3. The second-order valence-electron chi connectivity index (χ2n) is 5.96. The van der Waals surface area contributed by atoms with Gasteiger partial charge in [0.05, 0.1) is 0 Å². The fourth-order valence-corrected chi connectivity index (χ4v) is 3.02. The maximum atomic E-state index is 12.0. The fraction of sp³-hybridized carbons (Fsp3) is 0.923. The van der Waals surface area contributed by atoms with E-state index in [0.29, 0.717) is 0 Å². The fourth-order valence-electron chi connectivity index (χ4n) is 3.02. The van der Waals surface area contributed by atoms with Crippen LogP contribution in [0.25, 0.3) is 0 Å². The van der Waals surface area contributed by atoms with Crippen LogP contribution in [0.4, 0.5) is 0 Å². The number of rotatable bonds is 4. The molecule has 0 aromatic carbocycles. The van der Waals surface area contributed by atoms with Gasteiger partial charge in [0, 0.05) is 24.0 Å². The lowest BCUT2D eigenvalue weighted by molar-refractivity contribution is -0.125. The number of nitrogens with one attached hydrogen (secondary N) is 1. The molecule has 0 aliphatic heterocycles. The van der Waals surface area contributed by atoms with Crippen LogP contribution in [0, 0.1) is 5.92 Å². The van der Waals surface area contributed by atoms with Gasteiger partial charge in [-0.2, -0.15) is 0 Å². The first-order valence-electron chi connectivity index (χ1n) is 6.74. The van der Waals surface area contributed by atoms with Gasteiger partial charge in [-0.25, -0.2) is 0 Å². The molecule has 0 saturated heterocycles. The molecule has 2 rings (SSSR count). The van der Waals surface area contributed by atoms with Crippen LogP contribution in [0.15, 0.2) is 0 Å². The number of amides is 1.